The number of hydrogen-bond acceptors (Lipinski definition) is 4. The number of amides is 1. The molecular formula is C14H20ClN3O2. The van der Waals surface area contributed by atoms with Crippen LogP contribution in [0.1, 0.15) is 23.7 Å². The standard InChI is InChI=1S/C14H20ClN3O2/c1-9-5-6-18(8-13(9)20-2)14(19)11-7-10(15)3-4-12(11)17-16/h3-4,7,9,13,17H,5-6,8,16H2,1-2H3. The second kappa shape index (κ2) is 6.43. The largest absolute Gasteiger partial charge is 0.379 e. The Morgan fingerprint density at radius 1 is 1.55 bits per heavy atom. The van der Waals surface area contributed by atoms with E-state index in [0.29, 0.717) is 28.7 Å². The zero-order valence-electron chi connectivity index (χ0n) is 11.7. The van der Waals surface area contributed by atoms with Gasteiger partial charge in [-0.15, -0.1) is 0 Å². The van der Waals surface area contributed by atoms with Crippen LogP contribution in [0.25, 0.3) is 0 Å². The average molecular weight is 298 g/mol. The third kappa shape index (κ3) is 3.06. The molecular weight excluding hydrogens is 278 g/mol. The Kier molecular flexibility index (Phi) is 4.86. The van der Waals surface area contributed by atoms with Crippen molar-refractivity contribution in [2.75, 3.05) is 25.6 Å². The number of nitrogens with zero attached hydrogens (tertiary/aromatic N) is 1. The fourth-order valence-electron chi connectivity index (χ4n) is 2.51. The second-order valence-corrected chi connectivity index (χ2v) is 5.56. The molecule has 0 aliphatic carbocycles. The van der Waals surface area contributed by atoms with Crippen LogP contribution in [0.15, 0.2) is 18.2 Å². The maximum Gasteiger partial charge on any atom is 0.256 e. The van der Waals surface area contributed by atoms with Gasteiger partial charge in [0.1, 0.15) is 0 Å². The van der Waals surface area contributed by atoms with Gasteiger partial charge in [-0.25, -0.2) is 0 Å². The van der Waals surface area contributed by atoms with E-state index >= 15 is 0 Å². The number of nitrogens with two attached hydrogens (primary N) is 1. The van der Waals surface area contributed by atoms with Crippen molar-refractivity contribution >= 4 is 23.2 Å². The van der Waals surface area contributed by atoms with E-state index < -0.39 is 0 Å². The first-order chi connectivity index (χ1) is 9.56. The summed E-state index contributed by atoms with van der Waals surface area (Å²) in [6, 6.07) is 5.04. The third-order valence-corrected chi connectivity index (χ3v) is 4.08. The highest BCUT2D eigenvalue weighted by atomic mass is 35.5. The number of likely N-dealkylation sites (tertiary alicyclic amines) is 1. The number of piperidine rings is 1. The normalized spacial score (nSPS) is 22.7. The Morgan fingerprint density at radius 3 is 2.95 bits per heavy atom. The molecule has 1 saturated heterocycles. The SMILES string of the molecule is COC1CN(C(=O)c2cc(Cl)ccc2NN)CCC1C. The van der Waals surface area contributed by atoms with E-state index in [-0.39, 0.29) is 12.0 Å². The van der Waals surface area contributed by atoms with Gasteiger partial charge in [0.25, 0.3) is 5.91 Å². The summed E-state index contributed by atoms with van der Waals surface area (Å²) in [5.74, 6) is 5.83. The Balaban J connectivity index is 2.21. The summed E-state index contributed by atoms with van der Waals surface area (Å²) in [5, 5.41) is 0.515. The summed E-state index contributed by atoms with van der Waals surface area (Å²) in [4.78, 5) is 14.4. The van der Waals surface area contributed by atoms with Crippen LogP contribution in [-0.2, 0) is 4.74 Å². The molecule has 110 valence electrons. The average Bonchev–Trinajstić information content (AvgIpc) is 2.47. The molecule has 1 fully saturated rings. The zero-order valence-corrected chi connectivity index (χ0v) is 12.5. The lowest BCUT2D eigenvalue weighted by atomic mass is 9.95. The molecule has 2 atom stereocenters. The number of methoxy groups -OCH3 is 1. The topological polar surface area (TPSA) is 67.6 Å². The molecule has 5 nitrogen and oxygen atoms in total. The predicted molar refractivity (Wildman–Crippen MR) is 79.7 cm³/mol. The monoisotopic (exact) mass is 297 g/mol. The van der Waals surface area contributed by atoms with E-state index in [2.05, 4.69) is 12.3 Å². The van der Waals surface area contributed by atoms with Crippen LogP contribution < -0.4 is 11.3 Å². The smallest absolute Gasteiger partial charge is 0.256 e. The Morgan fingerprint density at radius 2 is 2.30 bits per heavy atom. The Labute approximate surface area is 124 Å². The van der Waals surface area contributed by atoms with Gasteiger partial charge >= 0.3 is 0 Å². The van der Waals surface area contributed by atoms with Crippen LogP contribution in [0, 0.1) is 5.92 Å². The van der Waals surface area contributed by atoms with Gasteiger partial charge in [0.05, 0.1) is 17.4 Å². The van der Waals surface area contributed by atoms with E-state index in [9.17, 15) is 4.79 Å². The molecule has 1 amide bonds. The number of nitrogens with one attached hydrogen (secondary N) is 1. The predicted octanol–water partition coefficient (Wildman–Crippen LogP) is 2.12. The number of hydrazine groups is 1. The summed E-state index contributed by atoms with van der Waals surface area (Å²) in [6.07, 6.45) is 0.997. The number of rotatable bonds is 3. The number of anilines is 1. The lowest BCUT2D eigenvalue weighted by Crippen LogP contribution is -2.46. The first-order valence-corrected chi connectivity index (χ1v) is 7.02. The molecule has 0 spiro atoms. The fraction of sp³-hybridized carbons (Fsp3) is 0.500. The minimum absolute atomic E-state index is 0.0705. The molecule has 0 saturated carbocycles. The van der Waals surface area contributed by atoms with Crippen molar-refractivity contribution in [3.63, 3.8) is 0 Å². The van der Waals surface area contributed by atoms with Crippen molar-refractivity contribution in [2.24, 2.45) is 11.8 Å². The maximum absolute atomic E-state index is 12.6. The number of halogens is 1. The minimum atomic E-state index is -0.0746. The second-order valence-electron chi connectivity index (χ2n) is 5.13. The molecule has 2 unspecified atom stereocenters. The first-order valence-electron chi connectivity index (χ1n) is 6.65. The van der Waals surface area contributed by atoms with E-state index in [1.165, 1.54) is 0 Å². The number of nitrogen functional groups attached to an aromatic ring is 1. The first kappa shape index (κ1) is 15.1. The van der Waals surface area contributed by atoms with E-state index in [0.717, 1.165) is 13.0 Å². The number of carbonyl (C=O) groups excluding carboxylic acids is 1. The van der Waals surface area contributed by atoms with Gasteiger partial charge in [-0.05, 0) is 30.5 Å². The van der Waals surface area contributed by atoms with Gasteiger partial charge < -0.3 is 15.1 Å². The van der Waals surface area contributed by atoms with Crippen LogP contribution in [-0.4, -0.2) is 37.1 Å². The van der Waals surface area contributed by atoms with Crippen molar-refractivity contribution in [3.05, 3.63) is 28.8 Å². The Bertz CT molecular complexity index is 495. The fourth-order valence-corrected chi connectivity index (χ4v) is 2.69. The summed E-state index contributed by atoms with van der Waals surface area (Å²) >= 11 is 5.97. The van der Waals surface area contributed by atoms with Crippen LogP contribution in [0.5, 0.6) is 0 Å². The lowest BCUT2D eigenvalue weighted by molar-refractivity contribution is -0.00153. The van der Waals surface area contributed by atoms with E-state index in [1.807, 2.05) is 0 Å². The van der Waals surface area contributed by atoms with Gasteiger partial charge in [-0.3, -0.25) is 10.6 Å². The van der Waals surface area contributed by atoms with Crippen LogP contribution >= 0.6 is 11.6 Å². The molecule has 3 N–H and O–H groups in total. The molecule has 0 aromatic heterocycles. The van der Waals surface area contributed by atoms with E-state index in [1.54, 1.807) is 30.2 Å². The molecule has 2 rings (SSSR count). The molecule has 1 aliphatic rings. The van der Waals surface area contributed by atoms with Crippen molar-refractivity contribution < 1.29 is 9.53 Å². The highest BCUT2D eigenvalue weighted by Gasteiger charge is 2.30. The lowest BCUT2D eigenvalue weighted by Gasteiger charge is -2.36. The number of ether oxygens (including phenoxy) is 1. The number of carbonyl (C=O) groups is 1. The third-order valence-electron chi connectivity index (χ3n) is 3.85. The van der Waals surface area contributed by atoms with Crippen LogP contribution in [0.4, 0.5) is 5.69 Å². The maximum atomic E-state index is 12.6. The molecule has 0 radical (unpaired) electrons. The van der Waals surface area contributed by atoms with Gasteiger partial charge in [0.2, 0.25) is 0 Å². The van der Waals surface area contributed by atoms with Gasteiger partial charge in [-0.1, -0.05) is 18.5 Å². The molecule has 1 heterocycles. The molecule has 1 aliphatic heterocycles. The summed E-state index contributed by atoms with van der Waals surface area (Å²) < 4.78 is 5.44. The highest BCUT2D eigenvalue weighted by molar-refractivity contribution is 6.31. The van der Waals surface area contributed by atoms with Crippen LogP contribution in [0.3, 0.4) is 0 Å². The van der Waals surface area contributed by atoms with Crippen molar-refractivity contribution in [1.82, 2.24) is 4.90 Å². The summed E-state index contributed by atoms with van der Waals surface area (Å²) in [7, 11) is 1.68. The molecule has 1 aromatic rings. The molecule has 20 heavy (non-hydrogen) atoms. The van der Waals surface area contributed by atoms with E-state index in [4.69, 9.17) is 22.2 Å². The molecule has 6 heteroatoms. The summed E-state index contributed by atoms with van der Waals surface area (Å²) in [6.45, 7) is 3.45. The quantitative estimate of drug-likeness (QED) is 0.662. The minimum Gasteiger partial charge on any atom is -0.379 e. The van der Waals surface area contributed by atoms with Crippen molar-refractivity contribution in [2.45, 2.75) is 19.4 Å². The summed E-state index contributed by atoms with van der Waals surface area (Å²) in [5.41, 5.74) is 3.61. The number of benzene rings is 1. The molecule has 1 aromatic carbocycles. The zero-order chi connectivity index (χ0) is 14.7. The van der Waals surface area contributed by atoms with Crippen molar-refractivity contribution in [1.29, 1.82) is 0 Å². The van der Waals surface area contributed by atoms with Crippen LogP contribution in [0.2, 0.25) is 5.02 Å². The number of hydrogen-bond donors (Lipinski definition) is 2. The van der Waals surface area contributed by atoms with Crippen molar-refractivity contribution in [3.8, 4) is 0 Å². The highest BCUT2D eigenvalue weighted by Crippen LogP contribution is 2.25. The van der Waals surface area contributed by atoms with Gasteiger partial charge in [0.15, 0.2) is 0 Å². The van der Waals surface area contributed by atoms with Gasteiger partial charge in [-0.2, -0.15) is 0 Å². The Hall–Kier alpha value is -1.30. The van der Waals surface area contributed by atoms with Gasteiger partial charge in [0, 0.05) is 25.2 Å². The molecule has 0 bridgehead atoms.